The third-order valence-electron chi connectivity index (χ3n) is 5.23. The predicted molar refractivity (Wildman–Crippen MR) is 60.6 cm³/mol. The number of rotatable bonds is 1. The molecule has 0 unspecified atom stereocenters. The molecule has 1 N–H and O–H groups in total. The molecule has 0 amide bonds. The Morgan fingerprint density at radius 3 is 2.13 bits per heavy atom. The highest BCUT2D eigenvalue weighted by molar-refractivity contribution is 5.21. The van der Waals surface area contributed by atoms with Gasteiger partial charge in [-0.15, -0.1) is 0 Å². The van der Waals surface area contributed by atoms with Crippen molar-refractivity contribution >= 4 is 0 Å². The number of H-pyrrole nitrogens is 1. The number of aromatic amines is 1. The number of aromatic nitrogens is 1. The number of nitrogens with one attached hydrogen (secondary N) is 1. The van der Waals surface area contributed by atoms with Gasteiger partial charge in [-0.3, -0.25) is 0 Å². The van der Waals surface area contributed by atoms with Gasteiger partial charge >= 0.3 is 0 Å². The van der Waals surface area contributed by atoms with Crippen molar-refractivity contribution in [3.8, 4) is 0 Å². The molecule has 0 atom stereocenters. The van der Waals surface area contributed by atoms with Crippen molar-refractivity contribution in [2.45, 2.75) is 38.0 Å². The maximum absolute atomic E-state index is 3.24. The standard InChI is InChI=1S/C14H19N/c1-2-15-8-11(1)14-12-4-9-3-10(6-12)7-13(14)5-9/h1-2,8-10,12-15H,3-7H2. The van der Waals surface area contributed by atoms with Gasteiger partial charge in [0.15, 0.2) is 0 Å². The molecule has 15 heavy (non-hydrogen) atoms. The summed E-state index contributed by atoms with van der Waals surface area (Å²) in [6.07, 6.45) is 12.0. The van der Waals surface area contributed by atoms with E-state index in [1.54, 1.807) is 12.0 Å². The zero-order chi connectivity index (χ0) is 9.83. The molecule has 0 spiro atoms. The fourth-order valence-corrected chi connectivity index (χ4v) is 5.01. The first-order chi connectivity index (χ1) is 7.40. The molecule has 1 nitrogen and oxygen atoms in total. The Balaban J connectivity index is 1.71. The van der Waals surface area contributed by atoms with Crippen LogP contribution in [-0.2, 0) is 0 Å². The monoisotopic (exact) mass is 201 g/mol. The third-order valence-corrected chi connectivity index (χ3v) is 5.23. The SMILES string of the molecule is c1cc(C2C3CC4CC(C3)CC2C4)c[nH]1. The Morgan fingerprint density at radius 1 is 0.933 bits per heavy atom. The van der Waals surface area contributed by atoms with Gasteiger partial charge in [0, 0.05) is 12.4 Å². The third kappa shape index (κ3) is 1.15. The summed E-state index contributed by atoms with van der Waals surface area (Å²) in [6, 6.07) is 2.31. The highest BCUT2D eigenvalue weighted by atomic mass is 14.6. The summed E-state index contributed by atoms with van der Waals surface area (Å²) in [6.45, 7) is 0. The van der Waals surface area contributed by atoms with Gasteiger partial charge in [0.25, 0.3) is 0 Å². The second kappa shape index (κ2) is 2.90. The van der Waals surface area contributed by atoms with Crippen molar-refractivity contribution in [3.63, 3.8) is 0 Å². The maximum Gasteiger partial charge on any atom is 0.00403 e. The van der Waals surface area contributed by atoms with E-state index in [1.165, 1.54) is 25.7 Å². The van der Waals surface area contributed by atoms with E-state index in [2.05, 4.69) is 23.4 Å². The van der Waals surface area contributed by atoms with Gasteiger partial charge < -0.3 is 4.98 Å². The van der Waals surface area contributed by atoms with Crippen LogP contribution >= 0.6 is 0 Å². The normalized spacial score (nSPS) is 47.3. The summed E-state index contributed by atoms with van der Waals surface area (Å²) < 4.78 is 0. The van der Waals surface area contributed by atoms with E-state index in [0.717, 1.165) is 29.6 Å². The molecule has 80 valence electrons. The average molecular weight is 201 g/mol. The van der Waals surface area contributed by atoms with Crippen molar-refractivity contribution in [2.24, 2.45) is 23.7 Å². The van der Waals surface area contributed by atoms with E-state index in [1.807, 2.05) is 0 Å². The van der Waals surface area contributed by atoms with Gasteiger partial charge in [-0.1, -0.05) is 0 Å². The number of hydrogen-bond donors (Lipinski definition) is 1. The zero-order valence-electron chi connectivity index (χ0n) is 9.15. The summed E-state index contributed by atoms with van der Waals surface area (Å²) in [5.74, 6) is 5.16. The van der Waals surface area contributed by atoms with Crippen LogP contribution in [0.4, 0.5) is 0 Å². The van der Waals surface area contributed by atoms with Gasteiger partial charge in [-0.05, 0) is 73.3 Å². The van der Waals surface area contributed by atoms with E-state index >= 15 is 0 Å². The van der Waals surface area contributed by atoms with Gasteiger partial charge in [0.2, 0.25) is 0 Å². The fourth-order valence-electron chi connectivity index (χ4n) is 5.01. The Labute approximate surface area is 91.3 Å². The zero-order valence-corrected chi connectivity index (χ0v) is 9.15. The van der Waals surface area contributed by atoms with Gasteiger partial charge in [0.1, 0.15) is 0 Å². The molecule has 0 saturated heterocycles. The lowest BCUT2D eigenvalue weighted by Gasteiger charge is -2.54. The first-order valence-corrected chi connectivity index (χ1v) is 6.53. The molecule has 1 aromatic heterocycles. The first kappa shape index (κ1) is 8.43. The summed E-state index contributed by atoms with van der Waals surface area (Å²) >= 11 is 0. The lowest BCUT2D eigenvalue weighted by Crippen LogP contribution is -2.43. The van der Waals surface area contributed by atoms with Gasteiger partial charge in [0.05, 0.1) is 0 Å². The molecule has 1 heterocycles. The highest BCUT2D eigenvalue weighted by Crippen LogP contribution is 2.59. The molecule has 0 aromatic carbocycles. The number of hydrogen-bond acceptors (Lipinski definition) is 0. The summed E-state index contributed by atoms with van der Waals surface area (Å²) in [5.41, 5.74) is 1.60. The smallest absolute Gasteiger partial charge is 0.00403 e. The van der Waals surface area contributed by atoms with E-state index in [4.69, 9.17) is 0 Å². The van der Waals surface area contributed by atoms with Gasteiger partial charge in [-0.25, -0.2) is 0 Å². The lowest BCUT2D eigenvalue weighted by atomic mass is 9.51. The molecule has 4 saturated carbocycles. The molecular weight excluding hydrogens is 182 g/mol. The Morgan fingerprint density at radius 2 is 1.60 bits per heavy atom. The van der Waals surface area contributed by atoms with Crippen molar-refractivity contribution in [2.75, 3.05) is 0 Å². The van der Waals surface area contributed by atoms with Crippen LogP contribution < -0.4 is 0 Å². The fraction of sp³-hybridized carbons (Fsp3) is 0.714. The van der Waals surface area contributed by atoms with Crippen molar-refractivity contribution in [1.29, 1.82) is 0 Å². The molecular formula is C14H19N. The van der Waals surface area contributed by atoms with Crippen LogP contribution in [0.2, 0.25) is 0 Å². The van der Waals surface area contributed by atoms with Crippen LogP contribution in [0.25, 0.3) is 0 Å². The lowest BCUT2D eigenvalue weighted by molar-refractivity contribution is -0.00273. The highest BCUT2D eigenvalue weighted by Gasteiger charge is 2.48. The molecule has 1 heteroatoms. The molecule has 5 rings (SSSR count). The molecule has 1 aromatic rings. The van der Waals surface area contributed by atoms with Crippen molar-refractivity contribution in [1.82, 2.24) is 4.98 Å². The van der Waals surface area contributed by atoms with Crippen LogP contribution in [0.15, 0.2) is 18.5 Å². The van der Waals surface area contributed by atoms with E-state index in [-0.39, 0.29) is 0 Å². The van der Waals surface area contributed by atoms with Crippen LogP contribution in [0.5, 0.6) is 0 Å². The minimum Gasteiger partial charge on any atom is -0.367 e. The summed E-state index contributed by atoms with van der Waals surface area (Å²) in [7, 11) is 0. The van der Waals surface area contributed by atoms with Crippen molar-refractivity contribution in [3.05, 3.63) is 24.0 Å². The average Bonchev–Trinajstić information content (AvgIpc) is 2.69. The van der Waals surface area contributed by atoms with Crippen LogP contribution in [0.1, 0.15) is 43.6 Å². The second-order valence-corrected chi connectivity index (χ2v) is 6.10. The molecule has 0 aliphatic heterocycles. The first-order valence-electron chi connectivity index (χ1n) is 6.53. The Hall–Kier alpha value is -0.720. The topological polar surface area (TPSA) is 15.8 Å². The van der Waals surface area contributed by atoms with Crippen molar-refractivity contribution < 1.29 is 0 Å². The van der Waals surface area contributed by atoms with Crippen LogP contribution in [0.3, 0.4) is 0 Å². The van der Waals surface area contributed by atoms with Crippen LogP contribution in [0, 0.1) is 23.7 Å². The molecule has 4 bridgehead atoms. The van der Waals surface area contributed by atoms with Crippen LogP contribution in [-0.4, -0.2) is 4.98 Å². The van der Waals surface area contributed by atoms with E-state index < -0.39 is 0 Å². The van der Waals surface area contributed by atoms with E-state index in [0.29, 0.717) is 0 Å². The molecule has 0 radical (unpaired) electrons. The minimum atomic E-state index is 0.907. The summed E-state index contributed by atoms with van der Waals surface area (Å²) in [4.78, 5) is 3.24. The predicted octanol–water partition coefficient (Wildman–Crippen LogP) is 3.55. The quantitative estimate of drug-likeness (QED) is 0.715. The minimum absolute atomic E-state index is 0.907. The Kier molecular flexibility index (Phi) is 1.63. The van der Waals surface area contributed by atoms with Gasteiger partial charge in [-0.2, -0.15) is 0 Å². The molecule has 4 aliphatic carbocycles. The molecule has 4 fully saturated rings. The Bertz CT molecular complexity index is 323. The van der Waals surface area contributed by atoms with E-state index in [9.17, 15) is 0 Å². The largest absolute Gasteiger partial charge is 0.367 e. The summed E-state index contributed by atoms with van der Waals surface area (Å²) in [5, 5.41) is 0. The second-order valence-electron chi connectivity index (χ2n) is 6.10. The maximum atomic E-state index is 3.24. The molecule has 4 aliphatic rings.